The number of halogens is 2. The normalized spacial score (nSPS) is 10.9. The molecule has 138 valence electrons. The third-order valence-corrected chi connectivity index (χ3v) is 4.58. The van der Waals surface area contributed by atoms with Gasteiger partial charge in [0.05, 0.1) is 16.9 Å². The smallest absolute Gasteiger partial charge is 0.202 e. The van der Waals surface area contributed by atoms with Crippen LogP contribution in [0.5, 0.6) is 5.75 Å². The fraction of sp³-hybridized carbons (Fsp3) is 0.0476. The first-order chi connectivity index (χ1) is 13.5. The van der Waals surface area contributed by atoms with Crippen molar-refractivity contribution < 1.29 is 18.7 Å². The third kappa shape index (κ3) is 2.39. The van der Waals surface area contributed by atoms with Crippen LogP contribution in [0.15, 0.2) is 54.7 Å². The van der Waals surface area contributed by atoms with Crippen molar-refractivity contribution in [2.24, 2.45) is 0 Å². The lowest BCUT2D eigenvalue weighted by molar-refractivity contribution is 0.101. The molecule has 0 fully saturated rings. The fourth-order valence-electron chi connectivity index (χ4n) is 3.36. The topological polar surface area (TPSA) is 71.0 Å². The van der Waals surface area contributed by atoms with E-state index in [1.807, 2.05) is 0 Å². The van der Waals surface area contributed by atoms with Crippen LogP contribution in [0.2, 0.25) is 0 Å². The molecule has 5 nitrogen and oxygen atoms in total. The lowest BCUT2D eigenvalue weighted by Crippen LogP contribution is -2.11. The van der Waals surface area contributed by atoms with Crippen molar-refractivity contribution in [2.45, 2.75) is 6.92 Å². The minimum Gasteiger partial charge on any atom is -0.505 e. The molecule has 0 radical (unpaired) electrons. The van der Waals surface area contributed by atoms with E-state index in [1.54, 1.807) is 42.6 Å². The molecule has 4 rings (SSSR count). The van der Waals surface area contributed by atoms with Gasteiger partial charge in [-0.2, -0.15) is 9.65 Å². The summed E-state index contributed by atoms with van der Waals surface area (Å²) >= 11 is 0. The maximum absolute atomic E-state index is 14.8. The van der Waals surface area contributed by atoms with E-state index in [1.165, 1.54) is 22.1 Å². The molecule has 0 aliphatic rings. The second kappa shape index (κ2) is 6.35. The zero-order valence-corrected chi connectivity index (χ0v) is 14.6. The summed E-state index contributed by atoms with van der Waals surface area (Å²) in [6.45, 7) is 1.38. The molecule has 0 atom stereocenters. The van der Waals surface area contributed by atoms with Crippen LogP contribution in [0.4, 0.5) is 8.78 Å². The van der Waals surface area contributed by atoms with E-state index in [0.29, 0.717) is 16.6 Å². The van der Waals surface area contributed by atoms with Crippen molar-refractivity contribution in [3.63, 3.8) is 0 Å². The van der Waals surface area contributed by atoms with Gasteiger partial charge >= 0.3 is 0 Å². The van der Waals surface area contributed by atoms with Crippen LogP contribution in [0, 0.1) is 23.0 Å². The van der Waals surface area contributed by atoms with Gasteiger partial charge in [-0.05, 0) is 30.3 Å². The first kappa shape index (κ1) is 17.5. The zero-order valence-electron chi connectivity index (χ0n) is 14.6. The minimum absolute atomic E-state index is 0.189. The number of hydrogen-bond acceptors (Lipinski definition) is 3. The first-order valence-corrected chi connectivity index (χ1v) is 8.35. The number of aromatic nitrogens is 2. The number of benzene rings is 2. The number of carbonyl (C=O) groups excluding carboxylic acids is 1. The maximum Gasteiger partial charge on any atom is 0.202 e. The van der Waals surface area contributed by atoms with Crippen molar-refractivity contribution in [3.05, 3.63) is 77.6 Å². The molecule has 0 saturated heterocycles. The molecule has 0 aliphatic heterocycles. The Morgan fingerprint density at radius 2 is 1.82 bits per heavy atom. The fourth-order valence-corrected chi connectivity index (χ4v) is 3.36. The number of carbonyl (C=O) groups is 1. The second-order valence-electron chi connectivity index (χ2n) is 6.21. The predicted molar refractivity (Wildman–Crippen MR) is 98.9 cm³/mol. The molecule has 28 heavy (non-hydrogen) atoms. The Hall–Kier alpha value is -3.92. The van der Waals surface area contributed by atoms with Crippen molar-refractivity contribution in [2.75, 3.05) is 0 Å². The molecule has 1 N–H and O–H groups in total. The predicted octanol–water partition coefficient (Wildman–Crippen LogP) is 4.48. The number of aromatic hydroxyl groups is 1. The van der Waals surface area contributed by atoms with Crippen LogP contribution >= 0.6 is 0 Å². The number of phenols is 1. The van der Waals surface area contributed by atoms with Crippen LogP contribution in [0.1, 0.15) is 23.0 Å². The highest BCUT2D eigenvalue weighted by Crippen LogP contribution is 2.35. The summed E-state index contributed by atoms with van der Waals surface area (Å²) in [6.07, 6.45) is 1.58. The second-order valence-corrected chi connectivity index (χ2v) is 6.21. The van der Waals surface area contributed by atoms with Crippen molar-refractivity contribution in [1.29, 1.82) is 5.26 Å². The van der Waals surface area contributed by atoms with Gasteiger partial charge in [-0.25, -0.2) is 4.39 Å². The average Bonchev–Trinajstić information content (AvgIpc) is 3.28. The highest BCUT2D eigenvalue weighted by atomic mass is 19.2. The summed E-state index contributed by atoms with van der Waals surface area (Å²) in [4.78, 5) is 12.0. The van der Waals surface area contributed by atoms with Crippen LogP contribution in [-0.4, -0.2) is 20.0 Å². The molecule has 7 heteroatoms. The summed E-state index contributed by atoms with van der Waals surface area (Å²) in [7, 11) is 0. The van der Waals surface area contributed by atoms with Gasteiger partial charge in [-0.3, -0.25) is 13.9 Å². The standard InChI is InChI=1S/C21H13F2N3O2/c1-12(27)15-7-4-10-25(15)21-14(11-24)13-5-2-3-6-16(13)26(21)17-8-9-18(28)20(23)19(17)22/h2-10,28H,1H3. The van der Waals surface area contributed by atoms with Gasteiger partial charge in [0, 0.05) is 18.5 Å². The Balaban J connectivity index is 2.21. The molecule has 2 heterocycles. The molecule has 0 saturated carbocycles. The van der Waals surface area contributed by atoms with Gasteiger partial charge in [0.15, 0.2) is 17.3 Å². The SMILES string of the molecule is CC(=O)c1cccn1-c1c(C#N)c2ccccc2n1-c1ccc(O)c(F)c1F. The molecular formula is C21H13F2N3O2. The first-order valence-electron chi connectivity index (χ1n) is 8.35. The molecule has 4 aromatic rings. The number of nitrogens with zero attached hydrogens (tertiary/aromatic N) is 3. The maximum atomic E-state index is 14.8. The number of hydrogen-bond donors (Lipinski definition) is 1. The Morgan fingerprint density at radius 3 is 2.54 bits per heavy atom. The van der Waals surface area contributed by atoms with Gasteiger partial charge < -0.3 is 5.11 Å². The van der Waals surface area contributed by atoms with Gasteiger partial charge in [0.2, 0.25) is 5.82 Å². The molecule has 0 bridgehead atoms. The summed E-state index contributed by atoms with van der Waals surface area (Å²) < 4.78 is 31.7. The quantitative estimate of drug-likeness (QED) is 0.535. The molecular weight excluding hydrogens is 364 g/mol. The Bertz CT molecular complexity index is 1300. The van der Waals surface area contributed by atoms with Gasteiger partial charge in [0.25, 0.3) is 0 Å². The lowest BCUT2D eigenvalue weighted by Gasteiger charge is -2.15. The van der Waals surface area contributed by atoms with Gasteiger partial charge in [0.1, 0.15) is 17.5 Å². The Morgan fingerprint density at radius 1 is 1.07 bits per heavy atom. The Labute approximate surface area is 158 Å². The van der Waals surface area contributed by atoms with E-state index in [0.717, 1.165) is 6.07 Å². The van der Waals surface area contributed by atoms with E-state index >= 15 is 0 Å². The third-order valence-electron chi connectivity index (χ3n) is 4.58. The number of Topliss-reactive ketones (excluding diaryl/α,β-unsaturated/α-hetero) is 1. The average molecular weight is 377 g/mol. The van der Waals surface area contributed by atoms with Crippen molar-refractivity contribution in [1.82, 2.24) is 9.13 Å². The van der Waals surface area contributed by atoms with Crippen molar-refractivity contribution >= 4 is 16.7 Å². The van der Waals surface area contributed by atoms with Gasteiger partial charge in [-0.1, -0.05) is 18.2 Å². The number of nitriles is 1. The summed E-state index contributed by atoms with van der Waals surface area (Å²) in [5.74, 6) is -3.50. The van der Waals surface area contributed by atoms with E-state index in [2.05, 4.69) is 6.07 Å². The largest absolute Gasteiger partial charge is 0.505 e. The Kier molecular flexibility index (Phi) is 3.97. The summed E-state index contributed by atoms with van der Waals surface area (Å²) in [5.41, 5.74) is 0.773. The minimum atomic E-state index is -1.39. The molecule has 0 aliphatic carbocycles. The van der Waals surface area contributed by atoms with Crippen LogP contribution in [0.25, 0.3) is 22.4 Å². The molecule has 0 unspecified atom stereocenters. The molecule has 2 aromatic heterocycles. The van der Waals surface area contributed by atoms with E-state index in [4.69, 9.17) is 0 Å². The number of para-hydroxylation sites is 1. The number of phenolic OH excluding ortho intramolecular Hbond substituents is 1. The van der Waals surface area contributed by atoms with E-state index in [9.17, 15) is 23.9 Å². The highest BCUT2D eigenvalue weighted by molar-refractivity contribution is 5.96. The van der Waals surface area contributed by atoms with Gasteiger partial charge in [-0.15, -0.1) is 0 Å². The summed E-state index contributed by atoms with van der Waals surface area (Å²) in [5, 5.41) is 19.8. The van der Waals surface area contributed by atoms with Crippen LogP contribution in [0.3, 0.4) is 0 Å². The van der Waals surface area contributed by atoms with Crippen LogP contribution in [-0.2, 0) is 0 Å². The number of fused-ring (bicyclic) bond motifs is 1. The molecule has 0 spiro atoms. The monoisotopic (exact) mass is 377 g/mol. The van der Waals surface area contributed by atoms with Crippen LogP contribution < -0.4 is 0 Å². The van der Waals surface area contributed by atoms with E-state index < -0.39 is 17.4 Å². The zero-order chi connectivity index (χ0) is 20.0. The molecule has 0 amide bonds. The number of ketones is 1. The number of rotatable bonds is 3. The highest BCUT2D eigenvalue weighted by Gasteiger charge is 2.25. The van der Waals surface area contributed by atoms with Crippen molar-refractivity contribution in [3.8, 4) is 23.3 Å². The summed E-state index contributed by atoms with van der Waals surface area (Å²) in [6, 6.07) is 14.4. The lowest BCUT2D eigenvalue weighted by atomic mass is 10.2. The van der Waals surface area contributed by atoms with E-state index in [-0.39, 0.29) is 22.9 Å². The molecule has 2 aromatic carbocycles.